The Morgan fingerprint density at radius 2 is 2.13 bits per heavy atom. The van der Waals surface area contributed by atoms with Crippen molar-refractivity contribution in [1.82, 2.24) is 5.32 Å². The molecule has 2 nitrogen and oxygen atoms in total. The summed E-state index contributed by atoms with van der Waals surface area (Å²) in [5.41, 5.74) is 2.52. The molecule has 0 bridgehead atoms. The topological polar surface area (TPSA) is 29.1 Å². The van der Waals surface area contributed by atoms with Crippen LogP contribution in [-0.4, -0.2) is 17.8 Å². The normalized spacial score (nSPS) is 12.2. The maximum Gasteiger partial charge on any atom is 0.235 e. The number of hydrogen-bond acceptors (Lipinski definition) is 1. The summed E-state index contributed by atoms with van der Waals surface area (Å²) in [5.74, 6) is -0.0873. The predicted molar refractivity (Wildman–Crippen MR) is 63.2 cm³/mol. The van der Waals surface area contributed by atoms with E-state index in [-0.39, 0.29) is 17.8 Å². The molecule has 0 heterocycles. The third-order valence-electron chi connectivity index (χ3n) is 2.32. The quantitative estimate of drug-likeness (QED) is 0.783. The minimum atomic E-state index is -0.113. The van der Waals surface area contributed by atoms with Crippen LogP contribution in [-0.2, 0) is 11.2 Å². The summed E-state index contributed by atoms with van der Waals surface area (Å²) in [7, 11) is 0. The van der Waals surface area contributed by atoms with Crippen molar-refractivity contribution in [2.75, 3.05) is 5.88 Å². The Morgan fingerprint density at radius 3 is 2.73 bits per heavy atom. The van der Waals surface area contributed by atoms with Crippen LogP contribution in [0.5, 0.6) is 0 Å². The fraction of sp³-hybridized carbons (Fsp3) is 0.417. The standard InChI is InChI=1S/C12H16ClNO/c1-9-5-3-4-6-11(9)7-10(2)14-12(15)8-13/h3-6,10H,7-8H2,1-2H3,(H,14,15). The molecule has 0 saturated carbocycles. The zero-order valence-electron chi connectivity index (χ0n) is 9.09. The lowest BCUT2D eigenvalue weighted by Gasteiger charge is -2.14. The van der Waals surface area contributed by atoms with Crippen molar-refractivity contribution in [3.8, 4) is 0 Å². The molecule has 0 aliphatic carbocycles. The zero-order chi connectivity index (χ0) is 11.3. The second-order valence-electron chi connectivity index (χ2n) is 3.73. The first-order valence-corrected chi connectivity index (χ1v) is 5.56. The molecule has 0 saturated heterocycles. The smallest absolute Gasteiger partial charge is 0.235 e. The van der Waals surface area contributed by atoms with Crippen LogP contribution in [0.15, 0.2) is 24.3 Å². The van der Waals surface area contributed by atoms with Gasteiger partial charge >= 0.3 is 0 Å². The Balaban J connectivity index is 2.55. The summed E-state index contributed by atoms with van der Waals surface area (Å²) in [5, 5.41) is 2.83. The number of carbonyl (C=O) groups excluding carboxylic acids is 1. The van der Waals surface area contributed by atoms with E-state index in [4.69, 9.17) is 11.6 Å². The van der Waals surface area contributed by atoms with Gasteiger partial charge < -0.3 is 5.32 Å². The molecule has 15 heavy (non-hydrogen) atoms. The van der Waals surface area contributed by atoms with E-state index in [1.807, 2.05) is 19.1 Å². The van der Waals surface area contributed by atoms with Crippen LogP contribution in [0, 0.1) is 6.92 Å². The second kappa shape index (κ2) is 5.76. The van der Waals surface area contributed by atoms with Crippen LogP contribution in [0.4, 0.5) is 0 Å². The van der Waals surface area contributed by atoms with Crippen molar-refractivity contribution in [3.63, 3.8) is 0 Å². The van der Waals surface area contributed by atoms with Gasteiger partial charge in [-0.2, -0.15) is 0 Å². The van der Waals surface area contributed by atoms with Gasteiger partial charge in [-0.1, -0.05) is 24.3 Å². The van der Waals surface area contributed by atoms with Gasteiger partial charge in [0, 0.05) is 6.04 Å². The summed E-state index contributed by atoms with van der Waals surface area (Å²) < 4.78 is 0. The highest BCUT2D eigenvalue weighted by Crippen LogP contribution is 2.09. The fourth-order valence-electron chi connectivity index (χ4n) is 1.53. The van der Waals surface area contributed by atoms with Crippen molar-refractivity contribution >= 4 is 17.5 Å². The molecule has 1 aromatic rings. The summed E-state index contributed by atoms with van der Waals surface area (Å²) in [6.07, 6.45) is 0.843. The average Bonchev–Trinajstić information content (AvgIpc) is 2.21. The van der Waals surface area contributed by atoms with E-state index in [1.165, 1.54) is 11.1 Å². The van der Waals surface area contributed by atoms with Crippen molar-refractivity contribution in [2.24, 2.45) is 0 Å². The van der Waals surface area contributed by atoms with Gasteiger partial charge in [0.2, 0.25) is 5.91 Å². The molecule has 1 unspecified atom stereocenters. The first-order chi connectivity index (χ1) is 7.13. The molecule has 0 fully saturated rings. The van der Waals surface area contributed by atoms with Crippen molar-refractivity contribution in [3.05, 3.63) is 35.4 Å². The van der Waals surface area contributed by atoms with Gasteiger partial charge in [-0.25, -0.2) is 0 Å². The van der Waals surface area contributed by atoms with Crippen LogP contribution >= 0.6 is 11.6 Å². The molecular weight excluding hydrogens is 210 g/mol. The molecular formula is C12H16ClNO. The Hall–Kier alpha value is -1.02. The molecule has 0 aromatic heterocycles. The largest absolute Gasteiger partial charge is 0.352 e. The predicted octanol–water partition coefficient (Wildman–Crippen LogP) is 2.28. The first-order valence-electron chi connectivity index (χ1n) is 5.03. The van der Waals surface area contributed by atoms with Gasteiger partial charge in [-0.05, 0) is 31.4 Å². The summed E-state index contributed by atoms with van der Waals surface area (Å²) in [6.45, 7) is 4.06. The van der Waals surface area contributed by atoms with Crippen molar-refractivity contribution in [2.45, 2.75) is 26.3 Å². The van der Waals surface area contributed by atoms with Crippen molar-refractivity contribution in [1.29, 1.82) is 0 Å². The lowest BCUT2D eigenvalue weighted by molar-refractivity contribution is -0.119. The molecule has 1 atom stereocenters. The number of alkyl halides is 1. The number of nitrogens with one attached hydrogen (secondary N) is 1. The van der Waals surface area contributed by atoms with E-state index in [2.05, 4.69) is 24.4 Å². The SMILES string of the molecule is Cc1ccccc1CC(C)NC(=O)CCl. The molecule has 0 spiro atoms. The van der Waals surface area contributed by atoms with E-state index in [0.717, 1.165) is 6.42 Å². The van der Waals surface area contributed by atoms with E-state index in [1.54, 1.807) is 0 Å². The average molecular weight is 226 g/mol. The van der Waals surface area contributed by atoms with E-state index in [0.29, 0.717) is 0 Å². The monoisotopic (exact) mass is 225 g/mol. The summed E-state index contributed by atoms with van der Waals surface area (Å²) in [4.78, 5) is 11.1. The van der Waals surface area contributed by atoms with Crippen LogP contribution in [0.3, 0.4) is 0 Å². The lowest BCUT2D eigenvalue weighted by atomic mass is 10.0. The Bertz CT molecular complexity index is 338. The van der Waals surface area contributed by atoms with Gasteiger partial charge in [0.1, 0.15) is 5.88 Å². The first kappa shape index (κ1) is 12.1. The molecule has 0 radical (unpaired) electrons. The summed E-state index contributed by atoms with van der Waals surface area (Å²) >= 11 is 5.42. The Kier molecular flexibility index (Phi) is 4.63. The van der Waals surface area contributed by atoms with Gasteiger partial charge in [0.05, 0.1) is 0 Å². The molecule has 0 aliphatic heterocycles. The summed E-state index contributed by atoms with van der Waals surface area (Å²) in [6, 6.07) is 8.31. The van der Waals surface area contributed by atoms with Gasteiger partial charge in [-0.3, -0.25) is 4.79 Å². The molecule has 1 amide bonds. The third-order valence-corrected chi connectivity index (χ3v) is 2.56. The highest BCUT2D eigenvalue weighted by Gasteiger charge is 2.07. The van der Waals surface area contributed by atoms with E-state index >= 15 is 0 Å². The van der Waals surface area contributed by atoms with Crippen molar-refractivity contribution < 1.29 is 4.79 Å². The van der Waals surface area contributed by atoms with E-state index < -0.39 is 0 Å². The number of aryl methyl sites for hydroxylation is 1. The van der Waals surface area contributed by atoms with Crippen LogP contribution in [0.25, 0.3) is 0 Å². The highest BCUT2D eigenvalue weighted by molar-refractivity contribution is 6.27. The molecule has 3 heteroatoms. The van der Waals surface area contributed by atoms with Gasteiger partial charge in [-0.15, -0.1) is 11.6 Å². The minimum absolute atomic E-state index is 0.0259. The molecule has 1 aromatic carbocycles. The number of carbonyl (C=O) groups is 1. The van der Waals surface area contributed by atoms with Crippen LogP contribution < -0.4 is 5.32 Å². The zero-order valence-corrected chi connectivity index (χ0v) is 9.84. The van der Waals surface area contributed by atoms with Crippen LogP contribution in [0.2, 0.25) is 0 Å². The second-order valence-corrected chi connectivity index (χ2v) is 4.00. The molecule has 1 N–H and O–H groups in total. The number of hydrogen-bond donors (Lipinski definition) is 1. The Labute approximate surface area is 95.6 Å². The lowest BCUT2D eigenvalue weighted by Crippen LogP contribution is -2.34. The maximum absolute atomic E-state index is 11.1. The maximum atomic E-state index is 11.1. The minimum Gasteiger partial charge on any atom is -0.352 e. The number of amides is 1. The molecule has 82 valence electrons. The fourth-order valence-corrected chi connectivity index (χ4v) is 1.61. The molecule has 0 aliphatic rings. The van der Waals surface area contributed by atoms with Gasteiger partial charge in [0.25, 0.3) is 0 Å². The number of rotatable bonds is 4. The highest BCUT2D eigenvalue weighted by atomic mass is 35.5. The number of benzene rings is 1. The number of halogens is 1. The van der Waals surface area contributed by atoms with Crippen LogP contribution in [0.1, 0.15) is 18.1 Å². The Morgan fingerprint density at radius 1 is 1.47 bits per heavy atom. The molecule has 1 rings (SSSR count). The third kappa shape index (κ3) is 3.92. The van der Waals surface area contributed by atoms with Gasteiger partial charge in [0.15, 0.2) is 0 Å². The van der Waals surface area contributed by atoms with E-state index in [9.17, 15) is 4.79 Å².